The minimum Gasteiger partial charge on any atom is -0.507 e. The Hall–Kier alpha value is -2.86. The molecule has 0 amide bonds. The molecule has 0 aliphatic rings. The molecule has 314 valence electrons. The number of quaternary nitrogens is 1. The molecule has 0 heterocycles. The van der Waals surface area contributed by atoms with Gasteiger partial charge in [-0.2, -0.15) is 0 Å². The minimum atomic E-state index is -1.83. The van der Waals surface area contributed by atoms with Gasteiger partial charge in [-0.15, -0.1) is 0 Å². The van der Waals surface area contributed by atoms with Crippen LogP contribution in [0.3, 0.4) is 0 Å². The van der Waals surface area contributed by atoms with Crippen molar-refractivity contribution in [3.8, 4) is 11.5 Å². The van der Waals surface area contributed by atoms with Crippen molar-refractivity contribution in [2.24, 2.45) is 9.98 Å². The first kappa shape index (κ1) is 54.2. The van der Waals surface area contributed by atoms with Crippen LogP contribution in [-0.4, -0.2) is 83.3 Å². The van der Waals surface area contributed by atoms with Crippen LogP contribution in [0.25, 0.3) is 0 Å². The van der Waals surface area contributed by atoms with Crippen LogP contribution in [0.4, 0.5) is 4.79 Å². The van der Waals surface area contributed by atoms with Crippen molar-refractivity contribution in [1.29, 1.82) is 0 Å². The Kier molecular flexibility index (Phi) is 21.9. The number of unbranched alkanes of at least 4 members (excludes halogenated alkanes) is 3. The Morgan fingerprint density at radius 2 is 0.964 bits per heavy atom. The van der Waals surface area contributed by atoms with E-state index in [0.717, 1.165) is 78.2 Å². The zero-order chi connectivity index (χ0) is 41.2. The monoisotopic (exact) mass is 806 g/mol. The van der Waals surface area contributed by atoms with E-state index in [0.29, 0.717) is 11.5 Å². The molecule has 8 nitrogen and oxygen atoms in total. The van der Waals surface area contributed by atoms with Crippen LogP contribution in [-0.2, 0) is 39.0 Å². The van der Waals surface area contributed by atoms with Gasteiger partial charge in [0.15, 0.2) is 0 Å². The van der Waals surface area contributed by atoms with Gasteiger partial charge in [0, 0.05) is 52.0 Å². The summed E-state index contributed by atoms with van der Waals surface area (Å²) in [5.74, 6) is 0.635. The van der Waals surface area contributed by atoms with Crippen LogP contribution in [0, 0.1) is 7.43 Å². The fourth-order valence-electron chi connectivity index (χ4n) is 6.15. The molecule has 0 fully saturated rings. The first-order valence-electron chi connectivity index (χ1n) is 19.5. The topological polar surface area (TPSA) is 123 Å². The molecule has 0 spiro atoms. The number of aromatic hydroxyl groups is 2. The molecule has 0 radical (unpaired) electrons. The summed E-state index contributed by atoms with van der Waals surface area (Å²) in [6.07, 6.45) is 9.37. The smallest absolute Gasteiger partial charge is 0.503 e. The summed E-state index contributed by atoms with van der Waals surface area (Å²) in [7, 11) is 6.74. The maximum absolute atomic E-state index is 11.6. The molecule has 55 heavy (non-hydrogen) atoms. The molecule has 0 saturated carbocycles. The molecule has 0 aliphatic heterocycles. The summed E-state index contributed by atoms with van der Waals surface area (Å²) in [5.41, 5.74) is 5.28. The summed E-state index contributed by atoms with van der Waals surface area (Å²) in [4.78, 5) is 19.1. The zero-order valence-corrected chi connectivity index (χ0v) is 39.0. The molecule has 9 heteroatoms. The van der Waals surface area contributed by atoms with E-state index in [2.05, 4.69) is 135 Å². The molecule has 2 unspecified atom stereocenters. The third-order valence-electron chi connectivity index (χ3n) is 9.56. The van der Waals surface area contributed by atoms with Crippen LogP contribution >= 0.6 is 0 Å². The number of phenols is 2. The number of hydrogen-bond donors (Lipinski definition) is 4. The number of carbonyl (C=O) groups is 1. The van der Waals surface area contributed by atoms with Crippen molar-refractivity contribution in [1.82, 2.24) is 0 Å². The van der Waals surface area contributed by atoms with Crippen molar-refractivity contribution in [3.63, 3.8) is 0 Å². The number of nitrogens with zero attached hydrogens (tertiary/aromatic N) is 3. The molecule has 2 aromatic carbocycles. The van der Waals surface area contributed by atoms with Crippen LogP contribution in [0.15, 0.2) is 34.3 Å². The van der Waals surface area contributed by atoms with Crippen LogP contribution in [0.2, 0.25) is 0 Å². The van der Waals surface area contributed by atoms with Gasteiger partial charge in [-0.05, 0) is 70.6 Å². The molecule has 0 saturated heterocycles. The summed E-state index contributed by atoms with van der Waals surface area (Å²) < 4.78 is 0.939. The van der Waals surface area contributed by atoms with Gasteiger partial charge < -0.3 is 32.3 Å². The molecule has 2 rings (SSSR count). The van der Waals surface area contributed by atoms with E-state index in [1.165, 1.54) is 11.1 Å². The fraction of sp³-hybridized carbons (Fsp3) is 0.652. The second-order valence-electron chi connectivity index (χ2n) is 19.9. The Labute approximate surface area is 347 Å². The largest absolute Gasteiger partial charge is 0.507 e. The zero-order valence-electron chi connectivity index (χ0n) is 37.7. The Morgan fingerprint density at radius 1 is 0.636 bits per heavy atom. The predicted octanol–water partition coefficient (Wildman–Crippen LogP) is 11.7. The normalized spacial score (nSPS) is 13.8. The minimum absolute atomic E-state index is 0. The van der Waals surface area contributed by atoms with E-state index < -0.39 is 6.16 Å². The summed E-state index contributed by atoms with van der Waals surface area (Å²) >= 11 is 0. The van der Waals surface area contributed by atoms with Gasteiger partial charge in [-0.25, -0.2) is 4.79 Å². The summed E-state index contributed by atoms with van der Waals surface area (Å²) in [6, 6.07) is 8.46. The van der Waals surface area contributed by atoms with E-state index in [1.807, 2.05) is 12.4 Å². The average molecular weight is 806 g/mol. The van der Waals surface area contributed by atoms with Crippen LogP contribution in [0.1, 0.15) is 168 Å². The van der Waals surface area contributed by atoms with E-state index >= 15 is 0 Å². The van der Waals surface area contributed by atoms with Gasteiger partial charge in [0.1, 0.15) is 11.5 Å². The molecule has 2 atom stereocenters. The second kappa shape index (κ2) is 22.2. The molecule has 0 bridgehead atoms. The van der Waals surface area contributed by atoms with E-state index in [9.17, 15) is 10.2 Å². The number of hydrogen-bond acceptors (Lipinski definition) is 5. The average Bonchev–Trinajstić information content (AvgIpc) is 2.96. The molecular weight excluding hydrogens is 727 g/mol. The number of aliphatic imine (C=N–C) groups is 2. The third-order valence-corrected chi connectivity index (χ3v) is 9.56. The fourth-order valence-corrected chi connectivity index (χ4v) is 6.15. The van der Waals surface area contributed by atoms with Crippen molar-refractivity contribution in [2.45, 2.75) is 169 Å². The Morgan fingerprint density at radius 3 is 1.24 bits per heavy atom. The van der Waals surface area contributed by atoms with Crippen LogP contribution in [0.5, 0.6) is 11.5 Å². The van der Waals surface area contributed by atoms with Gasteiger partial charge in [-0.1, -0.05) is 121 Å². The summed E-state index contributed by atoms with van der Waals surface area (Å²) in [6.45, 7) is 29.6. The SMILES string of the molecule is CCCCCC(N=Cc1cc(C(C)(C)C)cc(C(C)(C)C)c1O)C(CCCC[N+](C)(C)C)N=Cc1cc(C(C)(C)C)cc(C(C)(C)C)c1O.O=C(O)O.[CH3-].[Cr]. The standard InChI is InChI=1S/C44H73N3O2.CH2O3.CH3.Cr/c1-17-18-19-22-37(45-29-31-25-33(41(2,3)4)27-35(39(31)48)43(8,9)10)38(23-20-21-24-47(14,15)16)46-30-32-26-34(42(5,6)7)28-36(40(32)49)44(11,12)13;2-1(3)4;;/h25-30,37-38H,17-24H2,1-16H3,(H-,45,46,48,49);(H2,2,3,4);1H3;/q;;-1;/p+1. The van der Waals surface area contributed by atoms with Gasteiger partial charge in [0.05, 0.1) is 39.8 Å². The first-order chi connectivity index (χ1) is 24.0. The Bertz CT molecular complexity index is 1530. The number of phenolic OH excluding ortho intramolecular Hbond substituents is 2. The quantitative estimate of drug-likeness (QED) is 0.0655. The van der Waals surface area contributed by atoms with E-state index in [1.54, 1.807) is 0 Å². The predicted molar refractivity (Wildman–Crippen MR) is 232 cm³/mol. The molecular formula is C46H79CrN3O5. The van der Waals surface area contributed by atoms with Crippen LogP contribution < -0.4 is 0 Å². The summed E-state index contributed by atoms with van der Waals surface area (Å²) in [5, 5.41) is 37.0. The second-order valence-corrected chi connectivity index (χ2v) is 19.9. The molecule has 4 N–H and O–H groups in total. The molecule has 2 aromatic rings. The van der Waals surface area contributed by atoms with Crippen molar-refractivity contribution < 1.29 is 47.1 Å². The molecule has 0 aliphatic carbocycles. The number of carboxylic acid groups (broad SMARTS) is 2. The first-order valence-corrected chi connectivity index (χ1v) is 19.5. The Balaban J connectivity index is 0. The maximum atomic E-state index is 11.6. The van der Waals surface area contributed by atoms with E-state index in [-0.39, 0.29) is 58.5 Å². The van der Waals surface area contributed by atoms with Gasteiger partial charge >= 0.3 is 6.16 Å². The third kappa shape index (κ3) is 19.2. The van der Waals surface area contributed by atoms with Crippen molar-refractivity contribution in [3.05, 3.63) is 65.1 Å². The number of rotatable bonds is 14. The number of benzene rings is 2. The van der Waals surface area contributed by atoms with E-state index in [4.69, 9.17) is 25.0 Å². The maximum Gasteiger partial charge on any atom is 0.503 e. The van der Waals surface area contributed by atoms with Gasteiger partial charge in [-0.3, -0.25) is 9.98 Å². The van der Waals surface area contributed by atoms with Gasteiger partial charge in [0.25, 0.3) is 0 Å². The van der Waals surface area contributed by atoms with Gasteiger partial charge in [0.2, 0.25) is 0 Å². The van der Waals surface area contributed by atoms with Crippen molar-refractivity contribution >= 4 is 18.6 Å². The van der Waals surface area contributed by atoms with Crippen molar-refractivity contribution in [2.75, 3.05) is 27.7 Å². The molecule has 0 aromatic heterocycles.